The van der Waals surface area contributed by atoms with Crippen LogP contribution in [-0.2, 0) is 6.42 Å². The maximum atomic E-state index is 13.7. The molecule has 0 aliphatic carbocycles. The fourth-order valence-corrected chi connectivity index (χ4v) is 2.03. The number of amides is 1. The zero-order chi connectivity index (χ0) is 13.7. The van der Waals surface area contributed by atoms with E-state index in [1.54, 1.807) is 24.5 Å². The lowest BCUT2D eigenvalue weighted by Crippen LogP contribution is -2.25. The van der Waals surface area contributed by atoms with Crippen molar-refractivity contribution < 1.29 is 9.18 Å². The van der Waals surface area contributed by atoms with E-state index >= 15 is 0 Å². The zero-order valence-corrected chi connectivity index (χ0v) is 11.7. The Bertz CT molecular complexity index is 557. The second kappa shape index (κ2) is 6.47. The Morgan fingerprint density at radius 1 is 1.47 bits per heavy atom. The molecule has 2 N–H and O–H groups in total. The van der Waals surface area contributed by atoms with Gasteiger partial charge in [-0.15, -0.1) is 0 Å². The maximum Gasteiger partial charge on any atom is 0.254 e. The molecule has 4 nitrogen and oxygen atoms in total. The molecule has 0 aliphatic heterocycles. The summed E-state index contributed by atoms with van der Waals surface area (Å²) in [5.41, 5.74) is 0.0485. The highest BCUT2D eigenvalue weighted by Gasteiger charge is 2.12. The van der Waals surface area contributed by atoms with Crippen molar-refractivity contribution >= 4 is 21.8 Å². The summed E-state index contributed by atoms with van der Waals surface area (Å²) in [5.74, 6) is -0.0628. The van der Waals surface area contributed by atoms with Crippen molar-refractivity contribution in [1.29, 1.82) is 0 Å². The molecule has 6 heteroatoms. The first-order valence-electron chi connectivity index (χ1n) is 5.89. The number of H-pyrrole nitrogens is 1. The Kier molecular flexibility index (Phi) is 4.68. The molecule has 1 heterocycles. The van der Waals surface area contributed by atoms with E-state index in [9.17, 15) is 9.18 Å². The SMILES string of the molecule is O=C(NCCCc1ncc[nH]1)c1cccc(Br)c1F. The van der Waals surface area contributed by atoms with Gasteiger partial charge in [-0.2, -0.15) is 0 Å². The van der Waals surface area contributed by atoms with Crippen molar-refractivity contribution in [1.82, 2.24) is 15.3 Å². The molecule has 19 heavy (non-hydrogen) atoms. The van der Waals surface area contributed by atoms with E-state index < -0.39 is 11.7 Å². The number of hydrogen-bond acceptors (Lipinski definition) is 2. The monoisotopic (exact) mass is 325 g/mol. The topological polar surface area (TPSA) is 57.8 Å². The molecule has 0 atom stereocenters. The Balaban J connectivity index is 1.83. The molecule has 2 rings (SSSR count). The molecule has 1 aromatic heterocycles. The van der Waals surface area contributed by atoms with Crippen molar-refractivity contribution in [2.45, 2.75) is 12.8 Å². The highest BCUT2D eigenvalue weighted by atomic mass is 79.9. The van der Waals surface area contributed by atoms with Crippen LogP contribution in [0.1, 0.15) is 22.6 Å². The molecule has 0 unspecified atom stereocenters. The molecular formula is C13H13BrFN3O. The number of carbonyl (C=O) groups is 1. The van der Waals surface area contributed by atoms with Crippen molar-refractivity contribution in [3.8, 4) is 0 Å². The number of halogens is 2. The lowest BCUT2D eigenvalue weighted by molar-refractivity contribution is 0.0949. The summed E-state index contributed by atoms with van der Waals surface area (Å²) in [7, 11) is 0. The number of carbonyl (C=O) groups excluding carboxylic acids is 1. The summed E-state index contributed by atoms with van der Waals surface area (Å²) in [6.07, 6.45) is 4.93. The van der Waals surface area contributed by atoms with E-state index in [1.807, 2.05) is 0 Å². The van der Waals surface area contributed by atoms with E-state index in [4.69, 9.17) is 0 Å². The standard InChI is InChI=1S/C13H13BrFN3O/c14-10-4-1-3-9(12(10)15)13(19)18-6-2-5-11-16-7-8-17-11/h1,3-4,7-8H,2,5-6H2,(H,16,17)(H,18,19). The number of nitrogens with one attached hydrogen (secondary N) is 2. The summed E-state index contributed by atoms with van der Waals surface area (Å²) < 4.78 is 13.9. The number of aromatic amines is 1. The first kappa shape index (κ1) is 13.7. The van der Waals surface area contributed by atoms with Crippen LogP contribution in [-0.4, -0.2) is 22.4 Å². The van der Waals surface area contributed by atoms with E-state index in [-0.39, 0.29) is 10.0 Å². The number of hydrogen-bond donors (Lipinski definition) is 2. The fraction of sp³-hybridized carbons (Fsp3) is 0.231. The lowest BCUT2D eigenvalue weighted by atomic mass is 10.2. The lowest BCUT2D eigenvalue weighted by Gasteiger charge is -2.06. The average Bonchev–Trinajstić information content (AvgIpc) is 2.91. The predicted molar refractivity (Wildman–Crippen MR) is 73.3 cm³/mol. The van der Waals surface area contributed by atoms with Crippen LogP contribution >= 0.6 is 15.9 Å². The maximum absolute atomic E-state index is 13.7. The van der Waals surface area contributed by atoms with Gasteiger partial charge >= 0.3 is 0 Å². The summed E-state index contributed by atoms with van der Waals surface area (Å²) in [5, 5.41) is 2.69. The van der Waals surface area contributed by atoms with Crippen LogP contribution in [0.2, 0.25) is 0 Å². The Labute approximate surface area is 118 Å². The van der Waals surface area contributed by atoms with Crippen LogP contribution in [0.4, 0.5) is 4.39 Å². The van der Waals surface area contributed by atoms with Crippen LogP contribution < -0.4 is 5.32 Å². The van der Waals surface area contributed by atoms with Gasteiger partial charge < -0.3 is 10.3 Å². The number of imidazole rings is 1. The fourth-order valence-electron chi connectivity index (χ4n) is 1.67. The van der Waals surface area contributed by atoms with Crippen LogP contribution in [0.25, 0.3) is 0 Å². The Morgan fingerprint density at radius 2 is 2.32 bits per heavy atom. The molecule has 0 saturated heterocycles. The van der Waals surface area contributed by atoms with Crippen LogP contribution in [0, 0.1) is 5.82 Å². The summed E-state index contributed by atoms with van der Waals surface area (Å²) in [6.45, 7) is 0.478. The van der Waals surface area contributed by atoms with Gasteiger partial charge in [-0.05, 0) is 34.5 Å². The Hall–Kier alpha value is -1.69. The van der Waals surface area contributed by atoms with Crippen molar-refractivity contribution in [2.24, 2.45) is 0 Å². The van der Waals surface area contributed by atoms with Gasteiger partial charge in [-0.25, -0.2) is 9.37 Å². The molecule has 0 bridgehead atoms. The highest BCUT2D eigenvalue weighted by molar-refractivity contribution is 9.10. The van der Waals surface area contributed by atoms with Crippen molar-refractivity contribution in [2.75, 3.05) is 6.54 Å². The highest BCUT2D eigenvalue weighted by Crippen LogP contribution is 2.18. The summed E-state index contributed by atoms with van der Waals surface area (Å²) in [4.78, 5) is 18.8. The molecule has 0 radical (unpaired) electrons. The third-order valence-corrected chi connectivity index (χ3v) is 3.24. The van der Waals surface area contributed by atoms with Gasteiger partial charge in [0.05, 0.1) is 10.0 Å². The largest absolute Gasteiger partial charge is 0.352 e. The Morgan fingerprint density at radius 3 is 3.05 bits per heavy atom. The molecular weight excluding hydrogens is 313 g/mol. The molecule has 0 aliphatic rings. The van der Waals surface area contributed by atoms with Gasteiger partial charge in [0.1, 0.15) is 11.6 Å². The molecule has 0 saturated carbocycles. The molecule has 1 aromatic carbocycles. The van der Waals surface area contributed by atoms with Gasteiger partial charge in [0.15, 0.2) is 0 Å². The van der Waals surface area contributed by atoms with Crippen molar-refractivity contribution in [3.05, 3.63) is 52.3 Å². The number of nitrogens with zero attached hydrogens (tertiary/aromatic N) is 1. The second-order valence-corrected chi connectivity index (χ2v) is 4.85. The van der Waals surface area contributed by atoms with Crippen molar-refractivity contribution in [3.63, 3.8) is 0 Å². The van der Waals surface area contributed by atoms with Gasteiger partial charge in [0, 0.05) is 25.4 Å². The smallest absolute Gasteiger partial charge is 0.254 e. The minimum atomic E-state index is -0.536. The normalized spacial score (nSPS) is 10.4. The number of benzene rings is 1. The second-order valence-electron chi connectivity index (χ2n) is 4.00. The molecule has 2 aromatic rings. The molecule has 0 spiro atoms. The quantitative estimate of drug-likeness (QED) is 0.830. The number of aryl methyl sites for hydroxylation is 1. The summed E-state index contributed by atoms with van der Waals surface area (Å²) in [6, 6.07) is 4.65. The van der Waals surface area contributed by atoms with E-state index in [2.05, 4.69) is 31.2 Å². The predicted octanol–water partition coefficient (Wildman–Crippen LogP) is 2.67. The average molecular weight is 326 g/mol. The molecule has 0 fully saturated rings. The molecule has 1 amide bonds. The first-order chi connectivity index (χ1) is 9.18. The number of aromatic nitrogens is 2. The van der Waals surface area contributed by atoms with E-state index in [0.717, 1.165) is 18.7 Å². The third-order valence-electron chi connectivity index (χ3n) is 2.63. The van der Waals surface area contributed by atoms with Crippen LogP contribution in [0.15, 0.2) is 35.1 Å². The van der Waals surface area contributed by atoms with Gasteiger partial charge in [-0.3, -0.25) is 4.79 Å². The van der Waals surface area contributed by atoms with Crippen LogP contribution in [0.3, 0.4) is 0 Å². The van der Waals surface area contributed by atoms with Gasteiger partial charge in [-0.1, -0.05) is 6.07 Å². The first-order valence-corrected chi connectivity index (χ1v) is 6.68. The van der Waals surface area contributed by atoms with Gasteiger partial charge in [0.25, 0.3) is 5.91 Å². The minimum Gasteiger partial charge on any atom is -0.352 e. The van der Waals surface area contributed by atoms with Crippen LogP contribution in [0.5, 0.6) is 0 Å². The summed E-state index contributed by atoms with van der Waals surface area (Å²) >= 11 is 3.05. The molecule has 100 valence electrons. The zero-order valence-electron chi connectivity index (χ0n) is 10.1. The van der Waals surface area contributed by atoms with E-state index in [0.29, 0.717) is 6.54 Å². The minimum absolute atomic E-state index is 0.0485. The third kappa shape index (κ3) is 3.64. The van der Waals surface area contributed by atoms with E-state index in [1.165, 1.54) is 6.07 Å². The van der Waals surface area contributed by atoms with Gasteiger partial charge in [0.2, 0.25) is 0 Å². The number of rotatable bonds is 5.